The summed E-state index contributed by atoms with van der Waals surface area (Å²) in [6.07, 6.45) is 4.87. The maximum absolute atomic E-state index is 14.8. The van der Waals surface area contributed by atoms with Crippen molar-refractivity contribution >= 4 is 10.9 Å². The third-order valence-electron chi connectivity index (χ3n) is 5.31. The Hall–Kier alpha value is -4.42. The lowest BCUT2D eigenvalue weighted by Gasteiger charge is -2.08. The van der Waals surface area contributed by atoms with Crippen LogP contribution < -0.4 is 5.32 Å². The molecule has 0 amide bonds. The van der Waals surface area contributed by atoms with Gasteiger partial charge in [-0.05, 0) is 42.9 Å². The van der Waals surface area contributed by atoms with Crippen molar-refractivity contribution in [2.45, 2.75) is 6.54 Å². The van der Waals surface area contributed by atoms with Gasteiger partial charge in [-0.1, -0.05) is 12.1 Å². The van der Waals surface area contributed by atoms with Gasteiger partial charge in [-0.15, -0.1) is 0 Å². The van der Waals surface area contributed by atoms with Crippen LogP contribution in [0.25, 0.3) is 39.1 Å². The first kappa shape index (κ1) is 20.5. The van der Waals surface area contributed by atoms with Crippen molar-refractivity contribution in [1.29, 1.82) is 5.26 Å². The van der Waals surface area contributed by atoms with Crippen LogP contribution in [0.3, 0.4) is 0 Å². The number of fused-ring (bicyclic) bond motifs is 1. The van der Waals surface area contributed by atoms with Gasteiger partial charge in [-0.25, -0.2) is 13.5 Å². The number of pyridine rings is 1. The number of nitriles is 1. The predicted octanol–water partition coefficient (Wildman–Crippen LogP) is 4.35. The Morgan fingerprint density at radius 1 is 1.12 bits per heavy atom. The summed E-state index contributed by atoms with van der Waals surface area (Å²) in [5.74, 6) is -1.36. The molecule has 3 heterocycles. The summed E-state index contributed by atoms with van der Waals surface area (Å²) < 4.78 is 31.1. The SMILES string of the molecule is CNCc1cc(F)c(-c2cc3c(-c4cnn(-c5ccccc5C#N)c4)n[nH]c3cn2)c(F)c1. The van der Waals surface area contributed by atoms with Gasteiger partial charge in [-0.2, -0.15) is 15.5 Å². The average molecular weight is 441 g/mol. The van der Waals surface area contributed by atoms with Crippen molar-refractivity contribution in [2.24, 2.45) is 0 Å². The number of nitrogens with one attached hydrogen (secondary N) is 2. The zero-order valence-corrected chi connectivity index (χ0v) is 17.5. The van der Waals surface area contributed by atoms with Crippen molar-refractivity contribution in [3.63, 3.8) is 0 Å². The Kier molecular flexibility index (Phi) is 5.12. The predicted molar refractivity (Wildman–Crippen MR) is 119 cm³/mol. The van der Waals surface area contributed by atoms with Crippen molar-refractivity contribution in [3.8, 4) is 34.3 Å². The Morgan fingerprint density at radius 2 is 1.91 bits per heavy atom. The number of H-pyrrole nitrogens is 1. The van der Waals surface area contributed by atoms with Crippen molar-refractivity contribution in [1.82, 2.24) is 30.3 Å². The maximum Gasteiger partial charge on any atom is 0.135 e. The molecule has 162 valence electrons. The van der Waals surface area contributed by atoms with Gasteiger partial charge in [0.05, 0.1) is 40.4 Å². The van der Waals surface area contributed by atoms with E-state index in [9.17, 15) is 14.0 Å². The highest BCUT2D eigenvalue weighted by molar-refractivity contribution is 5.94. The van der Waals surface area contributed by atoms with Crippen LogP contribution >= 0.6 is 0 Å². The lowest BCUT2D eigenvalue weighted by atomic mass is 10.0. The van der Waals surface area contributed by atoms with E-state index in [4.69, 9.17) is 0 Å². The van der Waals surface area contributed by atoms with E-state index in [1.54, 1.807) is 48.4 Å². The molecule has 0 spiro atoms. The molecule has 0 bridgehead atoms. The molecule has 0 radical (unpaired) electrons. The van der Waals surface area contributed by atoms with E-state index in [2.05, 4.69) is 31.7 Å². The Bertz CT molecular complexity index is 1500. The molecule has 2 aromatic carbocycles. The fourth-order valence-corrected chi connectivity index (χ4v) is 3.79. The van der Waals surface area contributed by atoms with Gasteiger partial charge in [0.15, 0.2) is 0 Å². The third-order valence-corrected chi connectivity index (χ3v) is 5.31. The molecule has 33 heavy (non-hydrogen) atoms. The topological polar surface area (TPSA) is 95.2 Å². The lowest BCUT2D eigenvalue weighted by Crippen LogP contribution is -2.06. The summed E-state index contributed by atoms with van der Waals surface area (Å²) in [6.45, 7) is 0.353. The zero-order chi connectivity index (χ0) is 22.9. The second-order valence-corrected chi connectivity index (χ2v) is 7.45. The van der Waals surface area contributed by atoms with E-state index < -0.39 is 11.6 Å². The van der Waals surface area contributed by atoms with E-state index in [0.717, 1.165) is 0 Å². The largest absolute Gasteiger partial charge is 0.316 e. The van der Waals surface area contributed by atoms with Gasteiger partial charge >= 0.3 is 0 Å². The molecule has 2 N–H and O–H groups in total. The monoisotopic (exact) mass is 441 g/mol. The van der Waals surface area contributed by atoms with Gasteiger partial charge in [-0.3, -0.25) is 10.1 Å². The van der Waals surface area contributed by atoms with Crippen molar-refractivity contribution in [3.05, 3.63) is 83.8 Å². The molecule has 0 aliphatic heterocycles. The first-order chi connectivity index (χ1) is 16.1. The standard InChI is InChI=1S/C24H17F2N7/c1-28-10-14-6-18(25)23(19(26)7-14)20-8-17-21(12-29-20)31-32-24(17)16-11-30-33(13-16)22-5-3-2-4-15(22)9-27/h2-8,11-13,28H,10H2,1H3,(H,31,32). The van der Waals surface area contributed by atoms with Crippen LogP contribution in [0.4, 0.5) is 8.78 Å². The Labute approximate surface area is 187 Å². The van der Waals surface area contributed by atoms with E-state index in [1.165, 1.54) is 18.3 Å². The molecule has 9 heteroatoms. The lowest BCUT2D eigenvalue weighted by molar-refractivity contribution is 0.583. The minimum atomic E-state index is -0.682. The summed E-state index contributed by atoms with van der Waals surface area (Å²) >= 11 is 0. The van der Waals surface area contributed by atoms with E-state index in [0.29, 0.717) is 45.5 Å². The van der Waals surface area contributed by atoms with Crippen LogP contribution in [0, 0.1) is 23.0 Å². The number of para-hydroxylation sites is 1. The number of nitrogens with zero attached hydrogens (tertiary/aromatic N) is 5. The van der Waals surface area contributed by atoms with E-state index >= 15 is 0 Å². The smallest absolute Gasteiger partial charge is 0.135 e. The minimum absolute atomic E-state index is 0.165. The van der Waals surface area contributed by atoms with E-state index in [1.807, 2.05) is 6.07 Å². The minimum Gasteiger partial charge on any atom is -0.316 e. The summed E-state index contributed by atoms with van der Waals surface area (Å²) in [5.41, 5.74) is 3.45. The molecule has 0 atom stereocenters. The highest BCUT2D eigenvalue weighted by Crippen LogP contribution is 2.32. The highest BCUT2D eigenvalue weighted by atomic mass is 19.1. The van der Waals surface area contributed by atoms with Gasteiger partial charge < -0.3 is 5.32 Å². The molecule has 0 aliphatic carbocycles. The normalized spacial score (nSPS) is 11.1. The van der Waals surface area contributed by atoms with Gasteiger partial charge in [0.2, 0.25) is 0 Å². The van der Waals surface area contributed by atoms with Crippen LogP contribution in [-0.4, -0.2) is 32.0 Å². The molecular weight excluding hydrogens is 424 g/mol. The zero-order valence-electron chi connectivity index (χ0n) is 17.5. The number of rotatable bonds is 5. The van der Waals surface area contributed by atoms with Crippen LogP contribution in [-0.2, 0) is 6.54 Å². The number of hydrogen-bond acceptors (Lipinski definition) is 5. The molecular formula is C24H17F2N7. The fourth-order valence-electron chi connectivity index (χ4n) is 3.79. The summed E-state index contributed by atoms with van der Waals surface area (Å²) in [7, 11) is 1.71. The van der Waals surface area contributed by atoms with Crippen molar-refractivity contribution < 1.29 is 8.78 Å². The van der Waals surface area contributed by atoms with Crippen LogP contribution in [0.5, 0.6) is 0 Å². The Balaban J connectivity index is 1.59. The summed E-state index contributed by atoms with van der Waals surface area (Å²) in [4.78, 5) is 4.23. The van der Waals surface area contributed by atoms with Crippen LogP contribution in [0.1, 0.15) is 11.1 Å². The summed E-state index contributed by atoms with van der Waals surface area (Å²) in [5, 5.41) is 24.5. The molecule has 0 aliphatic rings. The van der Waals surface area contributed by atoms with E-state index in [-0.39, 0.29) is 11.3 Å². The summed E-state index contributed by atoms with van der Waals surface area (Å²) in [6, 6.07) is 13.5. The molecule has 0 unspecified atom stereocenters. The van der Waals surface area contributed by atoms with Crippen molar-refractivity contribution in [2.75, 3.05) is 7.05 Å². The average Bonchev–Trinajstić information content (AvgIpc) is 3.45. The first-order valence-corrected chi connectivity index (χ1v) is 10.1. The molecule has 0 saturated carbocycles. The van der Waals surface area contributed by atoms with Gasteiger partial charge in [0.1, 0.15) is 23.4 Å². The Morgan fingerprint density at radius 3 is 2.67 bits per heavy atom. The number of hydrogen-bond donors (Lipinski definition) is 2. The third kappa shape index (κ3) is 3.62. The second-order valence-electron chi connectivity index (χ2n) is 7.45. The molecule has 0 fully saturated rings. The van der Waals surface area contributed by atoms with Gasteiger partial charge in [0.25, 0.3) is 0 Å². The van der Waals surface area contributed by atoms with Crippen LogP contribution in [0.2, 0.25) is 0 Å². The maximum atomic E-state index is 14.8. The van der Waals surface area contributed by atoms with Gasteiger partial charge in [0, 0.05) is 23.7 Å². The molecule has 5 aromatic rings. The molecule has 3 aromatic heterocycles. The number of benzene rings is 2. The molecule has 5 rings (SSSR count). The number of aromatic nitrogens is 5. The first-order valence-electron chi connectivity index (χ1n) is 10.1. The highest BCUT2D eigenvalue weighted by Gasteiger charge is 2.18. The molecule has 7 nitrogen and oxygen atoms in total. The van der Waals surface area contributed by atoms with Crippen LogP contribution in [0.15, 0.2) is 61.1 Å². The quantitative estimate of drug-likeness (QED) is 0.423. The fraction of sp³-hybridized carbons (Fsp3) is 0.0833. The number of aromatic amines is 1. The molecule has 0 saturated heterocycles. The number of halogens is 2. The second kappa shape index (κ2) is 8.26.